The van der Waals surface area contributed by atoms with Crippen LogP contribution in [0.4, 0.5) is 0 Å². The minimum atomic E-state index is -3.11. The van der Waals surface area contributed by atoms with E-state index in [1.165, 1.54) is 0 Å². The zero-order valence-corrected chi connectivity index (χ0v) is 13.8. The van der Waals surface area contributed by atoms with Crippen LogP contribution in [0.2, 0.25) is 0 Å². The Hall–Kier alpha value is -1.56. The van der Waals surface area contributed by atoms with Gasteiger partial charge in [0, 0.05) is 12.7 Å². The van der Waals surface area contributed by atoms with E-state index in [0.717, 1.165) is 23.1 Å². The fraction of sp³-hybridized carbons (Fsp3) is 0.533. The van der Waals surface area contributed by atoms with Gasteiger partial charge in [0.15, 0.2) is 0 Å². The van der Waals surface area contributed by atoms with E-state index in [4.69, 9.17) is 4.74 Å². The minimum absolute atomic E-state index is 0.0213. The molecule has 21 heavy (non-hydrogen) atoms. The molecule has 5 nitrogen and oxygen atoms in total. The lowest BCUT2D eigenvalue weighted by molar-refractivity contribution is -0.121. The summed E-state index contributed by atoms with van der Waals surface area (Å²) >= 11 is 0. The molecule has 118 valence electrons. The maximum absolute atomic E-state index is 11.6. The van der Waals surface area contributed by atoms with Crippen molar-refractivity contribution in [3.8, 4) is 5.75 Å². The lowest BCUT2D eigenvalue weighted by Crippen LogP contribution is -2.37. The highest BCUT2D eigenvalue weighted by atomic mass is 32.2. The third-order valence-electron chi connectivity index (χ3n) is 2.99. The summed E-state index contributed by atoms with van der Waals surface area (Å²) in [6, 6.07) is 5.72. The highest BCUT2D eigenvalue weighted by molar-refractivity contribution is 7.90. The number of carbonyl (C=O) groups is 1. The largest absolute Gasteiger partial charge is 0.491 e. The molecular formula is C15H23NO4S. The standard InChI is InChI=1S/C15H23NO4S/c1-11-6-5-7-12(2)15(11)20-10-13(3)16-14(17)8-9-21(4,18)19/h5-7,13H,8-10H2,1-4H3,(H,16,17). The lowest BCUT2D eigenvalue weighted by atomic mass is 10.1. The molecule has 1 amide bonds. The van der Waals surface area contributed by atoms with Gasteiger partial charge in [0.2, 0.25) is 5.91 Å². The first kappa shape index (κ1) is 17.5. The van der Waals surface area contributed by atoms with Crippen LogP contribution in [0.5, 0.6) is 5.75 Å². The van der Waals surface area contributed by atoms with Crippen molar-refractivity contribution in [1.82, 2.24) is 5.32 Å². The Balaban J connectivity index is 2.44. The predicted octanol–water partition coefficient (Wildman–Crippen LogP) is 1.62. The Morgan fingerprint density at radius 2 is 1.86 bits per heavy atom. The molecule has 0 aliphatic heterocycles. The van der Waals surface area contributed by atoms with Gasteiger partial charge in [-0.3, -0.25) is 4.79 Å². The van der Waals surface area contributed by atoms with Crippen LogP contribution in [0.25, 0.3) is 0 Å². The third kappa shape index (κ3) is 6.62. The first-order valence-corrected chi connectivity index (χ1v) is 8.91. The van der Waals surface area contributed by atoms with Crippen LogP contribution in [0.3, 0.4) is 0 Å². The molecule has 1 rings (SSSR count). The molecule has 0 bridgehead atoms. The molecular weight excluding hydrogens is 290 g/mol. The fourth-order valence-corrected chi connectivity index (χ4v) is 2.46. The average molecular weight is 313 g/mol. The van der Waals surface area contributed by atoms with E-state index in [9.17, 15) is 13.2 Å². The smallest absolute Gasteiger partial charge is 0.221 e. The maximum atomic E-state index is 11.6. The first-order chi connectivity index (χ1) is 9.69. The molecule has 0 spiro atoms. The normalized spacial score (nSPS) is 12.8. The highest BCUT2D eigenvalue weighted by Crippen LogP contribution is 2.22. The van der Waals surface area contributed by atoms with Gasteiger partial charge in [0.25, 0.3) is 0 Å². The van der Waals surface area contributed by atoms with Gasteiger partial charge < -0.3 is 10.1 Å². The second kappa shape index (κ2) is 7.45. The number of sulfone groups is 1. The van der Waals surface area contributed by atoms with Crippen molar-refractivity contribution in [1.29, 1.82) is 0 Å². The number of para-hydroxylation sites is 1. The summed E-state index contributed by atoms with van der Waals surface area (Å²) in [5, 5.41) is 2.73. The Morgan fingerprint density at radius 3 is 2.38 bits per heavy atom. The summed E-state index contributed by atoms with van der Waals surface area (Å²) in [6.45, 7) is 6.11. The Labute approximate surface area is 126 Å². The van der Waals surface area contributed by atoms with E-state index in [0.29, 0.717) is 6.61 Å². The second-order valence-corrected chi connectivity index (χ2v) is 7.64. The van der Waals surface area contributed by atoms with Crippen molar-refractivity contribution < 1.29 is 17.9 Å². The van der Waals surface area contributed by atoms with Gasteiger partial charge in [-0.05, 0) is 31.9 Å². The van der Waals surface area contributed by atoms with Crippen LogP contribution in [0.1, 0.15) is 24.5 Å². The van der Waals surface area contributed by atoms with E-state index in [-0.39, 0.29) is 24.1 Å². The molecule has 1 aromatic carbocycles. The molecule has 0 heterocycles. The van der Waals surface area contributed by atoms with Crippen molar-refractivity contribution in [3.05, 3.63) is 29.3 Å². The van der Waals surface area contributed by atoms with Gasteiger partial charge >= 0.3 is 0 Å². The van der Waals surface area contributed by atoms with Gasteiger partial charge in [-0.25, -0.2) is 8.42 Å². The number of carbonyl (C=O) groups excluding carboxylic acids is 1. The van der Waals surface area contributed by atoms with E-state index in [1.54, 1.807) is 0 Å². The van der Waals surface area contributed by atoms with Crippen LogP contribution in [-0.4, -0.2) is 39.0 Å². The number of rotatable bonds is 7. The predicted molar refractivity (Wildman–Crippen MR) is 83.3 cm³/mol. The molecule has 0 aliphatic rings. The number of hydrogen-bond acceptors (Lipinski definition) is 4. The van der Waals surface area contributed by atoms with Crippen molar-refractivity contribution in [2.24, 2.45) is 0 Å². The summed E-state index contributed by atoms with van der Waals surface area (Å²) in [4.78, 5) is 11.6. The monoisotopic (exact) mass is 313 g/mol. The average Bonchev–Trinajstić information content (AvgIpc) is 2.35. The van der Waals surface area contributed by atoms with Gasteiger partial charge in [0.1, 0.15) is 22.2 Å². The van der Waals surface area contributed by atoms with Gasteiger partial charge in [-0.15, -0.1) is 0 Å². The molecule has 1 atom stereocenters. The first-order valence-electron chi connectivity index (χ1n) is 6.85. The number of aryl methyl sites for hydroxylation is 2. The topological polar surface area (TPSA) is 72.5 Å². The van der Waals surface area contributed by atoms with Crippen LogP contribution >= 0.6 is 0 Å². The van der Waals surface area contributed by atoms with Crippen LogP contribution < -0.4 is 10.1 Å². The number of amides is 1. The molecule has 0 aromatic heterocycles. The summed E-state index contributed by atoms with van der Waals surface area (Å²) in [5.74, 6) is 0.413. The van der Waals surface area contributed by atoms with Crippen LogP contribution in [0.15, 0.2) is 18.2 Å². The van der Waals surface area contributed by atoms with Gasteiger partial charge in [-0.1, -0.05) is 18.2 Å². The molecule has 1 unspecified atom stereocenters. The number of ether oxygens (including phenoxy) is 1. The molecule has 0 saturated heterocycles. The Morgan fingerprint density at radius 1 is 1.29 bits per heavy atom. The van der Waals surface area contributed by atoms with Crippen molar-refractivity contribution >= 4 is 15.7 Å². The van der Waals surface area contributed by atoms with E-state index >= 15 is 0 Å². The Kier molecular flexibility index (Phi) is 6.20. The van der Waals surface area contributed by atoms with Gasteiger partial charge in [0.05, 0.1) is 11.8 Å². The second-order valence-electron chi connectivity index (χ2n) is 5.38. The molecule has 0 aliphatic carbocycles. The number of nitrogens with one attached hydrogen (secondary N) is 1. The van der Waals surface area contributed by atoms with Crippen molar-refractivity contribution in [3.63, 3.8) is 0 Å². The van der Waals surface area contributed by atoms with E-state index in [1.807, 2.05) is 39.0 Å². The maximum Gasteiger partial charge on any atom is 0.221 e. The van der Waals surface area contributed by atoms with Crippen LogP contribution in [0, 0.1) is 13.8 Å². The molecule has 6 heteroatoms. The van der Waals surface area contributed by atoms with Crippen molar-refractivity contribution in [2.45, 2.75) is 33.2 Å². The third-order valence-corrected chi connectivity index (χ3v) is 3.94. The van der Waals surface area contributed by atoms with Crippen LogP contribution in [-0.2, 0) is 14.6 Å². The minimum Gasteiger partial charge on any atom is -0.491 e. The summed E-state index contributed by atoms with van der Waals surface area (Å²) in [7, 11) is -3.11. The zero-order chi connectivity index (χ0) is 16.0. The Bertz CT molecular complexity index is 575. The SMILES string of the molecule is Cc1cccc(C)c1OCC(C)NC(=O)CCS(C)(=O)=O. The summed E-state index contributed by atoms with van der Waals surface area (Å²) < 4.78 is 27.7. The molecule has 1 N–H and O–H groups in total. The van der Waals surface area contributed by atoms with E-state index in [2.05, 4.69) is 5.32 Å². The summed E-state index contributed by atoms with van der Waals surface area (Å²) in [6.07, 6.45) is 1.10. The van der Waals surface area contributed by atoms with Crippen molar-refractivity contribution in [2.75, 3.05) is 18.6 Å². The van der Waals surface area contributed by atoms with E-state index < -0.39 is 9.84 Å². The zero-order valence-electron chi connectivity index (χ0n) is 13.0. The number of benzene rings is 1. The number of hydrogen-bond donors (Lipinski definition) is 1. The molecule has 0 radical (unpaired) electrons. The summed E-state index contributed by atoms with van der Waals surface area (Å²) in [5.41, 5.74) is 2.09. The molecule has 0 fully saturated rings. The molecule has 0 saturated carbocycles. The molecule has 1 aromatic rings. The fourth-order valence-electron chi connectivity index (χ4n) is 1.90. The lowest BCUT2D eigenvalue weighted by Gasteiger charge is -2.17. The van der Waals surface area contributed by atoms with Gasteiger partial charge in [-0.2, -0.15) is 0 Å². The quantitative estimate of drug-likeness (QED) is 0.830. The highest BCUT2D eigenvalue weighted by Gasteiger charge is 2.12.